The molecule has 0 heterocycles. The van der Waals surface area contributed by atoms with Crippen molar-refractivity contribution in [2.45, 2.75) is 84.8 Å². The van der Waals surface area contributed by atoms with Gasteiger partial charge in [-0.25, -0.2) is 0 Å². The van der Waals surface area contributed by atoms with Gasteiger partial charge in [-0.2, -0.15) is 0 Å². The molecule has 0 bridgehead atoms. The molecular weight excluding hydrogens is 212 g/mol. The fraction of sp³-hybridized carbons (Fsp3) is 0.867. The van der Waals surface area contributed by atoms with Gasteiger partial charge in [-0.15, -0.1) is 6.58 Å². The van der Waals surface area contributed by atoms with Crippen LogP contribution in [0.25, 0.3) is 0 Å². The minimum Gasteiger partial charge on any atom is -0.393 e. The van der Waals surface area contributed by atoms with Gasteiger partial charge < -0.3 is 10.2 Å². The Kier molecular flexibility index (Phi) is 15.3. The molecule has 2 atom stereocenters. The van der Waals surface area contributed by atoms with Crippen molar-refractivity contribution in [2.24, 2.45) is 0 Å². The second-order valence-electron chi connectivity index (χ2n) is 4.94. The summed E-state index contributed by atoms with van der Waals surface area (Å²) in [6.45, 7) is 11.9. The second-order valence-corrected chi connectivity index (χ2v) is 4.94. The van der Waals surface area contributed by atoms with Gasteiger partial charge in [-0.3, -0.25) is 0 Å². The van der Waals surface area contributed by atoms with E-state index in [-0.39, 0.29) is 12.2 Å². The van der Waals surface area contributed by atoms with E-state index in [4.69, 9.17) is 10.2 Å². The summed E-state index contributed by atoms with van der Waals surface area (Å²) in [5, 5.41) is 17.8. The molecular formula is C15H32O2. The number of aliphatic hydroxyl groups excluding tert-OH is 2. The number of hydrogen-bond acceptors (Lipinski definition) is 2. The quantitative estimate of drug-likeness (QED) is 0.499. The van der Waals surface area contributed by atoms with Crippen LogP contribution in [-0.2, 0) is 0 Å². The summed E-state index contributed by atoms with van der Waals surface area (Å²) >= 11 is 0. The Bertz CT molecular complexity index is 164. The van der Waals surface area contributed by atoms with E-state index in [9.17, 15) is 0 Å². The molecule has 0 saturated heterocycles. The average molecular weight is 244 g/mol. The molecule has 2 N–H and O–H groups in total. The minimum absolute atomic E-state index is 0.310. The number of allylic oxidation sites excluding steroid dienone is 1. The van der Waals surface area contributed by atoms with Crippen LogP contribution in [0.5, 0.6) is 0 Å². The summed E-state index contributed by atoms with van der Waals surface area (Å²) in [6.07, 6.45) is 6.81. The zero-order valence-electron chi connectivity index (χ0n) is 12.2. The van der Waals surface area contributed by atoms with Gasteiger partial charge in [-0.1, -0.05) is 38.7 Å². The Morgan fingerprint density at radius 3 is 2.06 bits per heavy atom. The lowest BCUT2D eigenvalue weighted by atomic mass is 10.1. The third kappa shape index (κ3) is 21.5. The van der Waals surface area contributed by atoms with Crippen LogP contribution in [0.4, 0.5) is 0 Å². The van der Waals surface area contributed by atoms with Crippen molar-refractivity contribution in [3.05, 3.63) is 12.2 Å². The Labute approximate surface area is 108 Å². The smallest absolute Gasteiger partial charge is 0.0564 e. The highest BCUT2D eigenvalue weighted by molar-refractivity contribution is 4.86. The molecule has 0 aromatic carbocycles. The predicted octanol–water partition coefficient (Wildman–Crippen LogP) is 4.06. The first kappa shape index (κ1) is 19.0. The number of rotatable bonds is 8. The van der Waals surface area contributed by atoms with Crippen LogP contribution < -0.4 is 0 Å². The van der Waals surface area contributed by atoms with E-state index in [2.05, 4.69) is 20.4 Å². The molecule has 104 valence electrons. The lowest BCUT2D eigenvalue weighted by Crippen LogP contribution is -2.13. The highest BCUT2D eigenvalue weighted by Gasteiger charge is 2.05. The molecule has 0 amide bonds. The summed E-state index contributed by atoms with van der Waals surface area (Å²) in [6, 6.07) is 0. The van der Waals surface area contributed by atoms with Gasteiger partial charge in [0.15, 0.2) is 0 Å². The van der Waals surface area contributed by atoms with E-state index in [0.29, 0.717) is 6.42 Å². The number of aliphatic hydroxyl groups is 2. The molecule has 2 nitrogen and oxygen atoms in total. The van der Waals surface area contributed by atoms with Crippen molar-refractivity contribution in [1.82, 2.24) is 0 Å². The van der Waals surface area contributed by atoms with Crippen molar-refractivity contribution in [3.63, 3.8) is 0 Å². The summed E-state index contributed by atoms with van der Waals surface area (Å²) in [7, 11) is 0. The lowest BCUT2D eigenvalue weighted by Gasteiger charge is -2.09. The molecule has 17 heavy (non-hydrogen) atoms. The predicted molar refractivity (Wildman–Crippen MR) is 76.2 cm³/mol. The molecule has 0 aliphatic heterocycles. The monoisotopic (exact) mass is 244 g/mol. The van der Waals surface area contributed by atoms with Crippen LogP contribution in [0, 0.1) is 0 Å². The van der Waals surface area contributed by atoms with Crippen LogP contribution in [0.2, 0.25) is 0 Å². The van der Waals surface area contributed by atoms with E-state index < -0.39 is 0 Å². The molecule has 0 aromatic heterocycles. The zero-order valence-corrected chi connectivity index (χ0v) is 12.2. The Balaban J connectivity index is 0. The Morgan fingerprint density at radius 1 is 1.12 bits per heavy atom. The van der Waals surface area contributed by atoms with E-state index in [0.717, 1.165) is 12.8 Å². The highest BCUT2D eigenvalue weighted by Crippen LogP contribution is 2.04. The summed E-state index contributed by atoms with van der Waals surface area (Å²) < 4.78 is 0. The van der Waals surface area contributed by atoms with Gasteiger partial charge in [0, 0.05) is 0 Å². The molecule has 2 unspecified atom stereocenters. The molecule has 0 saturated carbocycles. The molecule has 0 fully saturated rings. The maximum Gasteiger partial charge on any atom is 0.0564 e. The topological polar surface area (TPSA) is 40.5 Å². The first-order chi connectivity index (χ1) is 7.93. The lowest BCUT2D eigenvalue weighted by molar-refractivity contribution is 0.0848. The molecule has 0 radical (unpaired) electrons. The standard InChI is InChI=1S/C8H16.C7H16O2/c1-4-5-6-7-8(2)3;1-3-4-7(9)5-6(2)8/h2,4-7H2,1,3H3;6-9H,3-5H2,1-2H3. The maximum atomic E-state index is 9.06. The number of hydrogen-bond donors (Lipinski definition) is 2. The SMILES string of the molecule is C=C(C)CCCCC.CCCC(O)CC(C)O. The molecule has 0 aromatic rings. The number of unbranched alkanes of at least 4 members (excludes halogenated alkanes) is 2. The van der Waals surface area contributed by atoms with Crippen molar-refractivity contribution in [2.75, 3.05) is 0 Å². The molecule has 0 spiro atoms. The first-order valence-corrected chi connectivity index (χ1v) is 6.94. The van der Waals surface area contributed by atoms with Crippen LogP contribution >= 0.6 is 0 Å². The maximum absolute atomic E-state index is 9.06. The van der Waals surface area contributed by atoms with Crippen LogP contribution in [0.1, 0.15) is 72.6 Å². The minimum atomic E-state index is -0.369. The van der Waals surface area contributed by atoms with E-state index in [1.807, 2.05) is 6.92 Å². The van der Waals surface area contributed by atoms with Crippen molar-refractivity contribution < 1.29 is 10.2 Å². The molecule has 0 rings (SSSR count). The van der Waals surface area contributed by atoms with E-state index >= 15 is 0 Å². The van der Waals surface area contributed by atoms with Gasteiger partial charge in [0.1, 0.15) is 0 Å². The van der Waals surface area contributed by atoms with Gasteiger partial charge in [0.2, 0.25) is 0 Å². The van der Waals surface area contributed by atoms with Gasteiger partial charge in [-0.05, 0) is 39.5 Å². The average Bonchev–Trinajstić information content (AvgIpc) is 2.17. The fourth-order valence-electron chi connectivity index (χ4n) is 1.52. The Morgan fingerprint density at radius 2 is 1.71 bits per heavy atom. The van der Waals surface area contributed by atoms with Crippen LogP contribution in [0.15, 0.2) is 12.2 Å². The Hall–Kier alpha value is -0.340. The van der Waals surface area contributed by atoms with Gasteiger partial charge >= 0.3 is 0 Å². The van der Waals surface area contributed by atoms with Crippen LogP contribution in [0.3, 0.4) is 0 Å². The van der Waals surface area contributed by atoms with Crippen molar-refractivity contribution in [1.29, 1.82) is 0 Å². The third-order valence-electron chi connectivity index (χ3n) is 2.44. The van der Waals surface area contributed by atoms with E-state index in [1.54, 1.807) is 6.92 Å². The highest BCUT2D eigenvalue weighted by atomic mass is 16.3. The van der Waals surface area contributed by atoms with Crippen LogP contribution in [-0.4, -0.2) is 22.4 Å². The summed E-state index contributed by atoms with van der Waals surface area (Å²) in [5.41, 5.74) is 1.32. The molecule has 0 aliphatic carbocycles. The summed E-state index contributed by atoms with van der Waals surface area (Å²) in [4.78, 5) is 0. The third-order valence-corrected chi connectivity index (χ3v) is 2.44. The first-order valence-electron chi connectivity index (χ1n) is 6.94. The summed E-state index contributed by atoms with van der Waals surface area (Å²) in [5.74, 6) is 0. The largest absolute Gasteiger partial charge is 0.393 e. The zero-order chi connectivity index (χ0) is 13.7. The van der Waals surface area contributed by atoms with Gasteiger partial charge in [0.25, 0.3) is 0 Å². The fourth-order valence-corrected chi connectivity index (χ4v) is 1.52. The van der Waals surface area contributed by atoms with Crippen molar-refractivity contribution >= 4 is 0 Å². The molecule has 0 aliphatic rings. The van der Waals surface area contributed by atoms with E-state index in [1.165, 1.54) is 31.3 Å². The normalized spacial score (nSPS) is 13.5. The molecule has 2 heteroatoms. The second kappa shape index (κ2) is 13.7. The van der Waals surface area contributed by atoms with Gasteiger partial charge in [0.05, 0.1) is 12.2 Å². The van der Waals surface area contributed by atoms with Crippen molar-refractivity contribution in [3.8, 4) is 0 Å².